The van der Waals surface area contributed by atoms with Crippen LogP contribution in [-0.2, 0) is 19.5 Å². The highest BCUT2D eigenvalue weighted by Gasteiger charge is 2.20. The SMILES string of the molecule is CSc1ncc2c(n1)CCN(Cc1cc3cccc(C)c3nc1Cl)C2. The molecule has 0 amide bonds. The van der Waals surface area contributed by atoms with Crippen molar-refractivity contribution >= 4 is 34.3 Å². The number of fused-ring (bicyclic) bond motifs is 2. The van der Waals surface area contributed by atoms with Crippen molar-refractivity contribution in [1.82, 2.24) is 19.9 Å². The molecule has 0 radical (unpaired) electrons. The zero-order valence-corrected chi connectivity index (χ0v) is 15.9. The van der Waals surface area contributed by atoms with E-state index < -0.39 is 0 Å². The first-order valence-corrected chi connectivity index (χ1v) is 9.90. The first-order chi connectivity index (χ1) is 12.1. The topological polar surface area (TPSA) is 41.9 Å². The molecular weight excluding hydrogens is 352 g/mol. The van der Waals surface area contributed by atoms with Crippen LogP contribution in [0.3, 0.4) is 0 Å². The number of hydrogen-bond acceptors (Lipinski definition) is 5. The van der Waals surface area contributed by atoms with Gasteiger partial charge in [0.05, 0.1) is 11.2 Å². The van der Waals surface area contributed by atoms with Gasteiger partial charge in [0.2, 0.25) is 0 Å². The highest BCUT2D eigenvalue weighted by atomic mass is 35.5. The molecule has 25 heavy (non-hydrogen) atoms. The van der Waals surface area contributed by atoms with Gasteiger partial charge in [-0.25, -0.2) is 15.0 Å². The van der Waals surface area contributed by atoms with E-state index in [9.17, 15) is 0 Å². The third-order valence-electron chi connectivity index (χ3n) is 4.64. The Morgan fingerprint density at radius 3 is 3.00 bits per heavy atom. The summed E-state index contributed by atoms with van der Waals surface area (Å²) in [6.07, 6.45) is 4.92. The van der Waals surface area contributed by atoms with E-state index in [4.69, 9.17) is 11.6 Å². The molecule has 0 bridgehead atoms. The van der Waals surface area contributed by atoms with Gasteiger partial charge in [-0.2, -0.15) is 0 Å². The summed E-state index contributed by atoms with van der Waals surface area (Å²) in [4.78, 5) is 16.0. The van der Waals surface area contributed by atoms with E-state index in [0.29, 0.717) is 5.15 Å². The average Bonchev–Trinajstić information content (AvgIpc) is 2.63. The van der Waals surface area contributed by atoms with Crippen LogP contribution < -0.4 is 0 Å². The Hall–Kier alpha value is -1.69. The number of aromatic nitrogens is 3. The average molecular weight is 371 g/mol. The molecule has 0 saturated heterocycles. The first kappa shape index (κ1) is 16.8. The van der Waals surface area contributed by atoms with Gasteiger partial charge < -0.3 is 0 Å². The Morgan fingerprint density at radius 1 is 1.28 bits per heavy atom. The molecule has 3 heterocycles. The van der Waals surface area contributed by atoms with E-state index in [1.165, 1.54) is 11.3 Å². The molecule has 0 spiro atoms. The molecule has 1 aliphatic heterocycles. The Labute approximate surface area is 156 Å². The summed E-state index contributed by atoms with van der Waals surface area (Å²) in [5, 5.41) is 2.59. The fourth-order valence-electron chi connectivity index (χ4n) is 3.31. The minimum Gasteiger partial charge on any atom is -0.294 e. The zero-order chi connectivity index (χ0) is 17.4. The summed E-state index contributed by atoms with van der Waals surface area (Å²) in [7, 11) is 0. The van der Waals surface area contributed by atoms with Crippen molar-refractivity contribution in [3.63, 3.8) is 0 Å². The lowest BCUT2D eigenvalue weighted by Crippen LogP contribution is -2.31. The van der Waals surface area contributed by atoms with E-state index >= 15 is 0 Å². The summed E-state index contributed by atoms with van der Waals surface area (Å²) >= 11 is 8.06. The monoisotopic (exact) mass is 370 g/mol. The summed E-state index contributed by atoms with van der Waals surface area (Å²) in [6, 6.07) is 8.39. The minimum atomic E-state index is 0.599. The standard InChI is InChI=1S/C19H19ClN4S/c1-12-4-3-5-13-8-14(18(20)23-17(12)13)10-24-7-6-16-15(11-24)9-21-19(22-16)25-2/h3-5,8-9H,6-7,10-11H2,1-2H3. The van der Waals surface area contributed by atoms with Gasteiger partial charge in [-0.1, -0.05) is 41.6 Å². The number of hydrogen-bond donors (Lipinski definition) is 0. The number of benzene rings is 1. The molecule has 4 rings (SSSR count). The van der Waals surface area contributed by atoms with E-state index in [1.54, 1.807) is 11.8 Å². The molecule has 1 aliphatic rings. The fraction of sp³-hybridized carbons (Fsp3) is 0.316. The van der Waals surface area contributed by atoms with Crippen LogP contribution >= 0.6 is 23.4 Å². The molecule has 2 aromatic heterocycles. The molecule has 0 fully saturated rings. The van der Waals surface area contributed by atoms with Crippen molar-refractivity contribution in [3.05, 3.63) is 58.0 Å². The highest BCUT2D eigenvalue weighted by molar-refractivity contribution is 7.98. The molecule has 0 saturated carbocycles. The maximum absolute atomic E-state index is 6.47. The molecule has 1 aromatic carbocycles. The predicted molar refractivity (Wildman–Crippen MR) is 103 cm³/mol. The summed E-state index contributed by atoms with van der Waals surface area (Å²) < 4.78 is 0. The van der Waals surface area contributed by atoms with E-state index in [1.807, 2.05) is 12.5 Å². The van der Waals surface area contributed by atoms with Crippen LogP contribution in [0.4, 0.5) is 0 Å². The van der Waals surface area contributed by atoms with Crippen LogP contribution in [0.25, 0.3) is 10.9 Å². The second-order valence-corrected chi connectivity index (χ2v) is 7.51. The van der Waals surface area contributed by atoms with Gasteiger partial charge in [-0.3, -0.25) is 4.90 Å². The molecular formula is C19H19ClN4S. The smallest absolute Gasteiger partial charge is 0.187 e. The second-order valence-electron chi connectivity index (χ2n) is 6.37. The minimum absolute atomic E-state index is 0.599. The third-order valence-corrected chi connectivity index (χ3v) is 5.53. The Bertz CT molecular complexity index is 944. The number of thioether (sulfide) groups is 1. The van der Waals surface area contributed by atoms with Gasteiger partial charge in [0.1, 0.15) is 5.15 Å². The van der Waals surface area contributed by atoms with Crippen LogP contribution in [0.2, 0.25) is 5.15 Å². The van der Waals surface area contributed by atoms with Crippen molar-refractivity contribution in [2.45, 2.75) is 31.6 Å². The van der Waals surface area contributed by atoms with Crippen LogP contribution in [0, 0.1) is 6.92 Å². The molecule has 0 unspecified atom stereocenters. The first-order valence-electron chi connectivity index (χ1n) is 8.30. The maximum atomic E-state index is 6.47. The molecule has 0 aliphatic carbocycles. The quantitative estimate of drug-likeness (QED) is 0.391. The number of para-hydroxylation sites is 1. The van der Waals surface area contributed by atoms with Crippen molar-refractivity contribution in [1.29, 1.82) is 0 Å². The summed E-state index contributed by atoms with van der Waals surface area (Å²) in [6.45, 7) is 4.68. The lowest BCUT2D eigenvalue weighted by molar-refractivity contribution is 0.242. The van der Waals surface area contributed by atoms with Gasteiger partial charge in [-0.05, 0) is 24.8 Å². The zero-order valence-electron chi connectivity index (χ0n) is 14.3. The molecule has 6 heteroatoms. The van der Waals surface area contributed by atoms with Crippen molar-refractivity contribution in [2.75, 3.05) is 12.8 Å². The number of nitrogens with zero attached hydrogens (tertiary/aromatic N) is 4. The molecule has 4 nitrogen and oxygen atoms in total. The fourth-order valence-corrected chi connectivity index (χ4v) is 3.87. The van der Waals surface area contributed by atoms with E-state index in [-0.39, 0.29) is 0 Å². The number of rotatable bonds is 3. The summed E-state index contributed by atoms with van der Waals surface area (Å²) in [5.41, 5.74) is 5.60. The maximum Gasteiger partial charge on any atom is 0.187 e. The highest BCUT2D eigenvalue weighted by Crippen LogP contribution is 2.26. The third kappa shape index (κ3) is 3.36. The van der Waals surface area contributed by atoms with Crippen LogP contribution in [0.1, 0.15) is 22.4 Å². The second kappa shape index (κ2) is 6.90. The van der Waals surface area contributed by atoms with Crippen LogP contribution in [0.15, 0.2) is 35.6 Å². The normalized spacial score (nSPS) is 14.7. The predicted octanol–water partition coefficient (Wildman–Crippen LogP) is 4.27. The molecule has 0 N–H and O–H groups in total. The van der Waals surface area contributed by atoms with Gasteiger partial charge in [-0.15, -0.1) is 0 Å². The Morgan fingerprint density at radius 2 is 2.16 bits per heavy atom. The molecule has 3 aromatic rings. The van der Waals surface area contributed by atoms with Crippen molar-refractivity contribution in [3.8, 4) is 0 Å². The van der Waals surface area contributed by atoms with Gasteiger partial charge in [0.25, 0.3) is 0 Å². The largest absolute Gasteiger partial charge is 0.294 e. The van der Waals surface area contributed by atoms with Gasteiger partial charge in [0.15, 0.2) is 5.16 Å². The molecule has 0 atom stereocenters. The lowest BCUT2D eigenvalue weighted by atomic mass is 10.1. The van der Waals surface area contributed by atoms with Crippen molar-refractivity contribution in [2.24, 2.45) is 0 Å². The number of aryl methyl sites for hydroxylation is 1. The lowest BCUT2D eigenvalue weighted by Gasteiger charge is -2.28. The van der Waals surface area contributed by atoms with Gasteiger partial charge >= 0.3 is 0 Å². The van der Waals surface area contributed by atoms with Crippen LogP contribution in [-0.4, -0.2) is 32.7 Å². The van der Waals surface area contributed by atoms with Crippen molar-refractivity contribution < 1.29 is 0 Å². The number of pyridine rings is 1. The van der Waals surface area contributed by atoms with Crippen LogP contribution in [0.5, 0.6) is 0 Å². The molecule has 128 valence electrons. The Balaban J connectivity index is 1.58. The summed E-state index contributed by atoms with van der Waals surface area (Å²) in [5.74, 6) is 0. The Kier molecular flexibility index (Phi) is 4.63. The van der Waals surface area contributed by atoms with E-state index in [2.05, 4.69) is 51.0 Å². The van der Waals surface area contributed by atoms with E-state index in [0.717, 1.165) is 53.2 Å². The number of halogens is 1. The van der Waals surface area contributed by atoms with Gasteiger partial charge in [0, 0.05) is 48.8 Å².